The lowest BCUT2D eigenvalue weighted by Gasteiger charge is -2.26. The minimum atomic E-state index is -3.34. The minimum absolute atomic E-state index is 0.397. The predicted molar refractivity (Wildman–Crippen MR) is 76.5 cm³/mol. The first-order valence-electron chi connectivity index (χ1n) is 6.28. The van der Waals surface area contributed by atoms with Gasteiger partial charge in [0.05, 0.1) is 0 Å². The Kier molecular flexibility index (Phi) is 5.18. The van der Waals surface area contributed by atoms with Gasteiger partial charge in [-0.25, -0.2) is 4.72 Å². The molecule has 5 nitrogen and oxygen atoms in total. The van der Waals surface area contributed by atoms with Crippen LogP contribution in [0.1, 0.15) is 5.56 Å². The maximum absolute atomic E-state index is 12.0. The van der Waals surface area contributed by atoms with Crippen LogP contribution in [0.5, 0.6) is 0 Å². The van der Waals surface area contributed by atoms with Crippen molar-refractivity contribution in [2.24, 2.45) is 0 Å². The van der Waals surface area contributed by atoms with E-state index in [0.29, 0.717) is 44.2 Å². The molecule has 2 rings (SSSR count). The highest BCUT2D eigenvalue weighted by Crippen LogP contribution is 2.09. The summed E-state index contributed by atoms with van der Waals surface area (Å²) in [6.45, 7) is 2.86. The molecule has 0 spiro atoms. The van der Waals surface area contributed by atoms with Crippen LogP contribution in [0.15, 0.2) is 24.3 Å². The Morgan fingerprint density at radius 3 is 2.47 bits per heavy atom. The Labute approximate surface area is 119 Å². The van der Waals surface area contributed by atoms with Crippen molar-refractivity contribution in [3.63, 3.8) is 0 Å². The third-order valence-corrected chi connectivity index (χ3v) is 4.89. The normalized spacial score (nSPS) is 17.5. The van der Waals surface area contributed by atoms with Crippen molar-refractivity contribution in [3.05, 3.63) is 34.9 Å². The van der Waals surface area contributed by atoms with E-state index in [1.54, 1.807) is 0 Å². The number of halogens is 1. The van der Waals surface area contributed by atoms with Gasteiger partial charge < -0.3 is 5.32 Å². The summed E-state index contributed by atoms with van der Waals surface area (Å²) in [7, 11) is -3.34. The lowest BCUT2D eigenvalue weighted by atomic mass is 10.2. The molecule has 106 valence electrons. The van der Waals surface area contributed by atoms with E-state index in [9.17, 15) is 8.42 Å². The molecule has 19 heavy (non-hydrogen) atoms. The second kappa shape index (κ2) is 6.67. The Hall–Kier alpha value is -0.660. The van der Waals surface area contributed by atoms with Crippen molar-refractivity contribution in [3.8, 4) is 0 Å². The van der Waals surface area contributed by atoms with E-state index in [0.717, 1.165) is 5.56 Å². The molecule has 0 saturated carbocycles. The van der Waals surface area contributed by atoms with Crippen LogP contribution in [0.3, 0.4) is 0 Å². The van der Waals surface area contributed by atoms with Crippen molar-refractivity contribution in [2.75, 3.05) is 32.7 Å². The van der Waals surface area contributed by atoms with Crippen LogP contribution in [-0.2, 0) is 16.6 Å². The molecule has 0 unspecified atom stereocenters. The molecule has 0 radical (unpaired) electrons. The Morgan fingerprint density at radius 1 is 1.21 bits per heavy atom. The molecule has 1 heterocycles. The van der Waals surface area contributed by atoms with E-state index in [4.69, 9.17) is 11.6 Å². The first-order valence-corrected chi connectivity index (χ1v) is 8.10. The zero-order valence-electron chi connectivity index (χ0n) is 10.6. The van der Waals surface area contributed by atoms with Crippen molar-refractivity contribution in [1.29, 1.82) is 0 Å². The van der Waals surface area contributed by atoms with Gasteiger partial charge in [-0.15, -0.1) is 0 Å². The van der Waals surface area contributed by atoms with Crippen LogP contribution in [-0.4, -0.2) is 45.4 Å². The predicted octanol–water partition coefficient (Wildman–Crippen LogP) is 0.622. The molecular weight excluding hydrogens is 286 g/mol. The molecule has 2 N–H and O–H groups in total. The van der Waals surface area contributed by atoms with Gasteiger partial charge >= 0.3 is 0 Å². The highest BCUT2D eigenvalue weighted by Gasteiger charge is 2.22. The molecule has 1 saturated heterocycles. The number of rotatable bonds is 5. The quantitative estimate of drug-likeness (QED) is 0.838. The minimum Gasteiger partial charge on any atom is -0.314 e. The van der Waals surface area contributed by atoms with Crippen molar-refractivity contribution < 1.29 is 8.42 Å². The molecular formula is C12H18ClN3O2S. The number of nitrogens with one attached hydrogen (secondary N) is 2. The fraction of sp³-hybridized carbons (Fsp3) is 0.500. The van der Waals surface area contributed by atoms with Crippen molar-refractivity contribution in [2.45, 2.75) is 6.42 Å². The molecule has 0 aliphatic carbocycles. The third kappa shape index (κ3) is 4.43. The molecule has 0 aromatic heterocycles. The van der Waals surface area contributed by atoms with Crippen LogP contribution in [0.2, 0.25) is 5.02 Å². The number of hydrogen-bond acceptors (Lipinski definition) is 3. The maximum Gasteiger partial charge on any atom is 0.279 e. The monoisotopic (exact) mass is 303 g/mol. The average molecular weight is 304 g/mol. The molecule has 1 aromatic rings. The largest absolute Gasteiger partial charge is 0.314 e. The molecule has 0 atom stereocenters. The van der Waals surface area contributed by atoms with E-state index in [2.05, 4.69) is 10.0 Å². The average Bonchev–Trinajstić information content (AvgIpc) is 2.42. The van der Waals surface area contributed by atoms with Gasteiger partial charge in [0.25, 0.3) is 10.2 Å². The van der Waals surface area contributed by atoms with Gasteiger partial charge in [0.2, 0.25) is 0 Å². The number of piperazine rings is 1. The molecule has 0 amide bonds. The lowest BCUT2D eigenvalue weighted by Crippen LogP contribution is -2.50. The van der Waals surface area contributed by atoms with Gasteiger partial charge in [0.1, 0.15) is 0 Å². The molecule has 1 aliphatic rings. The molecule has 0 bridgehead atoms. The summed E-state index contributed by atoms with van der Waals surface area (Å²) in [4.78, 5) is 0. The zero-order valence-corrected chi connectivity index (χ0v) is 12.2. The number of nitrogens with zero attached hydrogens (tertiary/aromatic N) is 1. The van der Waals surface area contributed by atoms with Crippen LogP contribution in [0, 0.1) is 0 Å². The van der Waals surface area contributed by atoms with Gasteiger partial charge in [-0.3, -0.25) is 0 Å². The van der Waals surface area contributed by atoms with Gasteiger partial charge in [-0.2, -0.15) is 12.7 Å². The second-order valence-electron chi connectivity index (χ2n) is 4.42. The van der Waals surface area contributed by atoms with Crippen molar-refractivity contribution in [1.82, 2.24) is 14.3 Å². The maximum atomic E-state index is 12.0. The Bertz CT molecular complexity index is 498. The third-order valence-electron chi connectivity index (χ3n) is 3.03. The van der Waals surface area contributed by atoms with Crippen LogP contribution in [0.25, 0.3) is 0 Å². The SMILES string of the molecule is O=S(=O)(NCCc1ccc(Cl)cc1)N1CCNCC1. The summed E-state index contributed by atoms with van der Waals surface area (Å²) < 4.78 is 28.1. The summed E-state index contributed by atoms with van der Waals surface area (Å²) >= 11 is 5.80. The van der Waals surface area contributed by atoms with E-state index >= 15 is 0 Å². The molecule has 1 aliphatic heterocycles. The van der Waals surface area contributed by atoms with Gasteiger partial charge in [0.15, 0.2) is 0 Å². The van der Waals surface area contributed by atoms with E-state index in [1.807, 2.05) is 24.3 Å². The first-order chi connectivity index (χ1) is 9.08. The number of hydrogen-bond donors (Lipinski definition) is 2. The van der Waals surface area contributed by atoms with E-state index in [1.165, 1.54) is 4.31 Å². The summed E-state index contributed by atoms with van der Waals surface area (Å²) in [5.41, 5.74) is 1.06. The summed E-state index contributed by atoms with van der Waals surface area (Å²) in [5.74, 6) is 0. The van der Waals surface area contributed by atoms with E-state index < -0.39 is 10.2 Å². The van der Waals surface area contributed by atoms with Crippen LogP contribution < -0.4 is 10.0 Å². The highest BCUT2D eigenvalue weighted by molar-refractivity contribution is 7.87. The Morgan fingerprint density at radius 2 is 1.84 bits per heavy atom. The Balaban J connectivity index is 1.82. The van der Waals surface area contributed by atoms with Gasteiger partial charge in [-0.05, 0) is 24.1 Å². The number of benzene rings is 1. The smallest absolute Gasteiger partial charge is 0.279 e. The molecule has 1 fully saturated rings. The summed E-state index contributed by atoms with van der Waals surface area (Å²) in [6, 6.07) is 7.42. The standard InChI is InChI=1S/C12H18ClN3O2S/c13-12-3-1-11(2-4-12)5-6-15-19(17,18)16-9-7-14-8-10-16/h1-4,14-15H,5-10H2. The van der Waals surface area contributed by atoms with Crippen molar-refractivity contribution >= 4 is 21.8 Å². The zero-order chi connectivity index (χ0) is 13.7. The second-order valence-corrected chi connectivity index (χ2v) is 6.62. The first kappa shape index (κ1) is 14.7. The van der Waals surface area contributed by atoms with E-state index in [-0.39, 0.29) is 0 Å². The fourth-order valence-corrected chi connectivity index (χ4v) is 3.28. The van der Waals surface area contributed by atoms with Crippen LogP contribution >= 0.6 is 11.6 Å². The lowest BCUT2D eigenvalue weighted by molar-refractivity contribution is 0.355. The van der Waals surface area contributed by atoms with Gasteiger partial charge in [-0.1, -0.05) is 23.7 Å². The summed E-state index contributed by atoms with van der Waals surface area (Å²) in [6.07, 6.45) is 0.655. The molecule has 7 heteroatoms. The topological polar surface area (TPSA) is 61.4 Å². The fourth-order valence-electron chi connectivity index (χ4n) is 1.95. The van der Waals surface area contributed by atoms with Gasteiger partial charge in [0, 0.05) is 37.7 Å². The molecule has 1 aromatic carbocycles. The summed E-state index contributed by atoms with van der Waals surface area (Å²) in [5, 5.41) is 3.81. The highest BCUT2D eigenvalue weighted by atomic mass is 35.5. The van der Waals surface area contributed by atoms with Crippen LogP contribution in [0.4, 0.5) is 0 Å².